The molecule has 1 aliphatic carbocycles. The monoisotopic (exact) mass is 337 g/mol. The maximum absolute atomic E-state index is 5.29. The number of nitrogens with zero attached hydrogens (tertiary/aromatic N) is 3. The zero-order valence-corrected chi connectivity index (χ0v) is 15.5. The second-order valence-corrected chi connectivity index (χ2v) is 7.66. The van der Waals surface area contributed by atoms with E-state index in [1.165, 1.54) is 52.0 Å². The van der Waals surface area contributed by atoms with Gasteiger partial charge in [0.15, 0.2) is 5.96 Å². The van der Waals surface area contributed by atoms with Crippen LogP contribution in [0.1, 0.15) is 32.6 Å². The zero-order valence-electron chi connectivity index (χ0n) is 15.5. The van der Waals surface area contributed by atoms with Crippen LogP contribution in [0.5, 0.6) is 0 Å². The predicted molar refractivity (Wildman–Crippen MR) is 98.6 cm³/mol. The first-order valence-electron chi connectivity index (χ1n) is 9.72. The fraction of sp³-hybridized carbons (Fsp3) is 0.944. The van der Waals surface area contributed by atoms with Crippen molar-refractivity contribution in [3.05, 3.63) is 0 Å². The normalized spacial score (nSPS) is 31.6. The van der Waals surface area contributed by atoms with Crippen LogP contribution in [-0.2, 0) is 4.74 Å². The van der Waals surface area contributed by atoms with E-state index in [0.29, 0.717) is 11.5 Å². The summed E-state index contributed by atoms with van der Waals surface area (Å²) in [5.74, 6) is 0.985. The van der Waals surface area contributed by atoms with Crippen molar-refractivity contribution < 1.29 is 4.74 Å². The fourth-order valence-electron chi connectivity index (χ4n) is 4.20. The molecule has 2 bridgehead atoms. The molecule has 1 atom stereocenters. The molecular weight excluding hydrogens is 302 g/mol. The van der Waals surface area contributed by atoms with E-state index in [1.807, 2.05) is 0 Å². The average Bonchev–Trinajstić information content (AvgIpc) is 2.59. The highest BCUT2D eigenvalue weighted by Crippen LogP contribution is 2.44. The number of fused-ring (bicyclic) bond motifs is 3. The molecule has 0 aromatic heterocycles. The third kappa shape index (κ3) is 4.41. The molecule has 3 aliphatic heterocycles. The standard InChI is InChI=1S/C18H35N5O/c1-3-19-17(21-15-18(5-4-6-18)7-12-24-2)20-13-16-14-22-8-10-23(16)11-9-22/h16H,3-15H2,1-2H3,(H2,19,20,21). The van der Waals surface area contributed by atoms with Crippen molar-refractivity contribution in [1.29, 1.82) is 0 Å². The molecular formula is C18H35N5O. The van der Waals surface area contributed by atoms with E-state index in [0.717, 1.165) is 38.6 Å². The Morgan fingerprint density at radius 2 is 2.00 bits per heavy atom. The van der Waals surface area contributed by atoms with E-state index >= 15 is 0 Å². The van der Waals surface area contributed by atoms with Gasteiger partial charge in [-0.25, -0.2) is 0 Å². The number of hydrogen-bond donors (Lipinski definition) is 2. The fourth-order valence-corrected chi connectivity index (χ4v) is 4.20. The van der Waals surface area contributed by atoms with Gasteiger partial charge < -0.3 is 15.4 Å². The van der Waals surface area contributed by atoms with Crippen molar-refractivity contribution in [2.45, 2.75) is 38.6 Å². The van der Waals surface area contributed by atoms with Crippen molar-refractivity contribution in [3.63, 3.8) is 0 Å². The van der Waals surface area contributed by atoms with E-state index in [4.69, 9.17) is 9.73 Å². The maximum Gasteiger partial charge on any atom is 0.191 e. The number of hydrogen-bond acceptors (Lipinski definition) is 4. The van der Waals surface area contributed by atoms with Crippen LogP contribution >= 0.6 is 0 Å². The van der Waals surface area contributed by atoms with Gasteiger partial charge in [0.1, 0.15) is 0 Å². The Balaban J connectivity index is 1.50. The van der Waals surface area contributed by atoms with Crippen LogP contribution in [0.25, 0.3) is 0 Å². The highest BCUT2D eigenvalue weighted by molar-refractivity contribution is 5.79. The van der Waals surface area contributed by atoms with Crippen LogP contribution in [0.3, 0.4) is 0 Å². The van der Waals surface area contributed by atoms with Gasteiger partial charge >= 0.3 is 0 Å². The molecule has 2 N–H and O–H groups in total. The van der Waals surface area contributed by atoms with Crippen LogP contribution in [-0.4, -0.2) is 87.9 Å². The Hall–Kier alpha value is -0.850. The Labute approximate surface area is 147 Å². The summed E-state index contributed by atoms with van der Waals surface area (Å²) >= 11 is 0. The predicted octanol–water partition coefficient (Wildman–Crippen LogP) is 0.748. The van der Waals surface area contributed by atoms with Gasteiger partial charge in [-0.1, -0.05) is 6.42 Å². The van der Waals surface area contributed by atoms with Gasteiger partial charge in [0.05, 0.1) is 0 Å². The molecule has 0 radical (unpaired) electrons. The largest absolute Gasteiger partial charge is 0.385 e. The van der Waals surface area contributed by atoms with Crippen molar-refractivity contribution in [1.82, 2.24) is 20.4 Å². The number of aliphatic imine (C=N–C) groups is 1. The quantitative estimate of drug-likeness (QED) is 0.506. The minimum atomic E-state index is 0.386. The molecule has 3 saturated heterocycles. The number of methoxy groups -OCH3 is 1. The smallest absolute Gasteiger partial charge is 0.191 e. The number of rotatable bonds is 8. The lowest BCUT2D eigenvalue weighted by Crippen LogP contribution is -2.63. The molecule has 3 heterocycles. The van der Waals surface area contributed by atoms with Crippen molar-refractivity contribution in [2.75, 3.05) is 66.1 Å². The summed E-state index contributed by atoms with van der Waals surface area (Å²) < 4.78 is 5.29. The number of ether oxygens (including phenoxy) is 1. The molecule has 138 valence electrons. The summed E-state index contributed by atoms with van der Waals surface area (Å²) in [6.45, 7) is 12.0. The molecule has 6 heteroatoms. The second kappa shape index (κ2) is 8.50. The van der Waals surface area contributed by atoms with Crippen LogP contribution in [0, 0.1) is 5.41 Å². The minimum absolute atomic E-state index is 0.386. The summed E-state index contributed by atoms with van der Waals surface area (Å²) in [7, 11) is 1.80. The Kier molecular flexibility index (Phi) is 6.36. The molecule has 4 aliphatic rings. The van der Waals surface area contributed by atoms with Gasteiger partial charge in [-0.15, -0.1) is 0 Å². The molecule has 24 heavy (non-hydrogen) atoms. The minimum Gasteiger partial charge on any atom is -0.385 e. The lowest BCUT2D eigenvalue weighted by molar-refractivity contribution is 0.0154. The van der Waals surface area contributed by atoms with Gasteiger partial charge in [-0.3, -0.25) is 14.8 Å². The van der Waals surface area contributed by atoms with Crippen molar-refractivity contribution in [3.8, 4) is 0 Å². The molecule has 0 aromatic rings. The molecule has 4 fully saturated rings. The molecule has 1 unspecified atom stereocenters. The second-order valence-electron chi connectivity index (χ2n) is 7.66. The first-order valence-corrected chi connectivity index (χ1v) is 9.72. The summed E-state index contributed by atoms with van der Waals surface area (Å²) in [5, 5.41) is 7.01. The average molecular weight is 338 g/mol. The van der Waals surface area contributed by atoms with E-state index in [-0.39, 0.29) is 0 Å². The van der Waals surface area contributed by atoms with Crippen LogP contribution in [0.15, 0.2) is 4.99 Å². The van der Waals surface area contributed by atoms with Crippen LogP contribution in [0.2, 0.25) is 0 Å². The Morgan fingerprint density at radius 1 is 1.21 bits per heavy atom. The SMILES string of the molecule is CCNC(=NCC1(CCOC)CCC1)NCC1CN2CCN1CC2. The van der Waals surface area contributed by atoms with Gasteiger partial charge in [0.25, 0.3) is 0 Å². The number of piperazine rings is 3. The zero-order chi connectivity index (χ0) is 16.8. The lowest BCUT2D eigenvalue weighted by Gasteiger charge is -2.47. The molecule has 4 rings (SSSR count). The highest BCUT2D eigenvalue weighted by atomic mass is 16.5. The van der Waals surface area contributed by atoms with Gasteiger partial charge in [-0.2, -0.15) is 0 Å². The van der Waals surface area contributed by atoms with Gasteiger partial charge in [-0.05, 0) is 31.6 Å². The van der Waals surface area contributed by atoms with E-state index < -0.39 is 0 Å². The first kappa shape index (κ1) is 18.0. The van der Waals surface area contributed by atoms with E-state index in [9.17, 15) is 0 Å². The maximum atomic E-state index is 5.29. The van der Waals surface area contributed by atoms with Crippen LogP contribution < -0.4 is 10.6 Å². The lowest BCUT2D eigenvalue weighted by atomic mass is 9.67. The number of guanidine groups is 1. The number of nitrogens with one attached hydrogen (secondary N) is 2. The molecule has 6 nitrogen and oxygen atoms in total. The first-order chi connectivity index (χ1) is 11.7. The Bertz CT molecular complexity index is 416. The molecule has 0 aromatic carbocycles. The molecule has 0 amide bonds. The summed E-state index contributed by atoms with van der Waals surface area (Å²) in [6.07, 6.45) is 5.07. The van der Waals surface area contributed by atoms with Gasteiger partial charge in [0.2, 0.25) is 0 Å². The molecule has 1 saturated carbocycles. The summed E-state index contributed by atoms with van der Waals surface area (Å²) in [5.41, 5.74) is 0.386. The van der Waals surface area contributed by atoms with Crippen molar-refractivity contribution in [2.24, 2.45) is 10.4 Å². The van der Waals surface area contributed by atoms with E-state index in [1.54, 1.807) is 7.11 Å². The van der Waals surface area contributed by atoms with Crippen LogP contribution in [0.4, 0.5) is 0 Å². The molecule has 0 spiro atoms. The Morgan fingerprint density at radius 3 is 2.54 bits per heavy atom. The third-order valence-corrected chi connectivity index (χ3v) is 6.06. The van der Waals surface area contributed by atoms with E-state index in [2.05, 4.69) is 27.4 Å². The highest BCUT2D eigenvalue weighted by Gasteiger charge is 2.36. The third-order valence-electron chi connectivity index (χ3n) is 6.06. The van der Waals surface area contributed by atoms with Crippen molar-refractivity contribution >= 4 is 5.96 Å². The summed E-state index contributed by atoms with van der Waals surface area (Å²) in [6, 6.07) is 0.627. The summed E-state index contributed by atoms with van der Waals surface area (Å²) in [4.78, 5) is 10.1. The van der Waals surface area contributed by atoms with Gasteiger partial charge in [0, 0.05) is 72.1 Å². The topological polar surface area (TPSA) is 52.1 Å².